The summed E-state index contributed by atoms with van der Waals surface area (Å²) in [6, 6.07) is 5.31. The Labute approximate surface area is 93.9 Å². The molecule has 1 heterocycles. The van der Waals surface area contributed by atoms with Crippen molar-refractivity contribution < 1.29 is 4.39 Å². The Morgan fingerprint density at radius 2 is 2.25 bits per heavy atom. The molecule has 2 aromatic rings. The molecule has 0 aliphatic carbocycles. The molecule has 0 saturated heterocycles. The van der Waals surface area contributed by atoms with Crippen LogP contribution in [0.4, 0.5) is 10.1 Å². The Morgan fingerprint density at radius 1 is 1.44 bits per heavy atom. The minimum Gasteiger partial charge on any atom is -0.375 e. The van der Waals surface area contributed by atoms with Crippen LogP contribution in [0.5, 0.6) is 0 Å². The molecular weight excluding hydrogens is 205 g/mol. The topological polar surface area (TPSA) is 29.9 Å². The van der Waals surface area contributed by atoms with E-state index in [1.165, 1.54) is 0 Å². The fourth-order valence-electron chi connectivity index (χ4n) is 1.53. The van der Waals surface area contributed by atoms with Crippen LogP contribution in [0.2, 0.25) is 0 Å². The van der Waals surface area contributed by atoms with Gasteiger partial charge < -0.3 is 9.88 Å². The van der Waals surface area contributed by atoms with Crippen LogP contribution in [0.1, 0.15) is 11.4 Å². The molecular formula is C12H14FN3. The van der Waals surface area contributed by atoms with Crippen molar-refractivity contribution in [3.63, 3.8) is 0 Å². The van der Waals surface area contributed by atoms with Crippen LogP contribution < -0.4 is 5.32 Å². The predicted octanol–water partition coefficient (Wildman–Crippen LogP) is 2.48. The maximum Gasteiger partial charge on any atom is 0.149 e. The zero-order chi connectivity index (χ0) is 11.5. The third kappa shape index (κ3) is 2.05. The highest BCUT2D eigenvalue weighted by atomic mass is 19.1. The molecule has 16 heavy (non-hydrogen) atoms. The van der Waals surface area contributed by atoms with Crippen LogP contribution in [0.3, 0.4) is 0 Å². The summed E-state index contributed by atoms with van der Waals surface area (Å²) in [7, 11) is 1.91. The Morgan fingerprint density at radius 3 is 2.94 bits per heavy atom. The second-order valence-electron chi connectivity index (χ2n) is 3.74. The Bertz CT molecular complexity index is 491. The van der Waals surface area contributed by atoms with E-state index in [1.807, 2.05) is 23.9 Å². The third-order valence-corrected chi connectivity index (χ3v) is 2.55. The summed E-state index contributed by atoms with van der Waals surface area (Å²) < 4.78 is 15.5. The Kier molecular flexibility index (Phi) is 2.90. The van der Waals surface area contributed by atoms with E-state index in [-0.39, 0.29) is 5.82 Å². The number of hydrogen-bond acceptors (Lipinski definition) is 2. The molecule has 1 aromatic carbocycles. The number of anilines is 1. The molecule has 0 saturated carbocycles. The number of aryl methyl sites for hydroxylation is 2. The van der Waals surface area contributed by atoms with Gasteiger partial charge in [0.1, 0.15) is 11.6 Å². The lowest BCUT2D eigenvalue weighted by Crippen LogP contribution is -2.07. The standard InChI is InChI=1S/C12H14FN3/c1-9-4-3-5-10(12(9)13)15-8-11-14-6-7-16(11)2/h3-7,15H,8H2,1-2H3. The largest absolute Gasteiger partial charge is 0.375 e. The first kappa shape index (κ1) is 10.7. The van der Waals surface area contributed by atoms with E-state index in [1.54, 1.807) is 25.3 Å². The number of nitrogens with zero attached hydrogens (tertiary/aromatic N) is 2. The van der Waals surface area contributed by atoms with Gasteiger partial charge in [-0.3, -0.25) is 0 Å². The zero-order valence-corrected chi connectivity index (χ0v) is 9.37. The average Bonchev–Trinajstić information content (AvgIpc) is 2.67. The summed E-state index contributed by atoms with van der Waals surface area (Å²) >= 11 is 0. The lowest BCUT2D eigenvalue weighted by Gasteiger charge is -2.08. The van der Waals surface area contributed by atoms with Gasteiger partial charge in [-0.05, 0) is 18.6 Å². The number of benzene rings is 1. The van der Waals surface area contributed by atoms with Gasteiger partial charge in [-0.25, -0.2) is 9.37 Å². The number of imidazole rings is 1. The third-order valence-electron chi connectivity index (χ3n) is 2.55. The van der Waals surface area contributed by atoms with Crippen LogP contribution in [0, 0.1) is 12.7 Å². The molecule has 84 valence electrons. The lowest BCUT2D eigenvalue weighted by atomic mass is 10.2. The molecule has 0 bridgehead atoms. The van der Waals surface area contributed by atoms with Crippen LogP contribution in [0.15, 0.2) is 30.6 Å². The van der Waals surface area contributed by atoms with Gasteiger partial charge in [0.25, 0.3) is 0 Å². The molecule has 1 aromatic heterocycles. The summed E-state index contributed by atoms with van der Waals surface area (Å²) in [6.07, 6.45) is 3.59. The molecule has 4 heteroatoms. The average molecular weight is 219 g/mol. The maximum absolute atomic E-state index is 13.6. The van der Waals surface area contributed by atoms with Gasteiger partial charge in [-0.1, -0.05) is 12.1 Å². The molecule has 3 nitrogen and oxygen atoms in total. The summed E-state index contributed by atoms with van der Waals surface area (Å²) in [5.74, 6) is 0.678. The van der Waals surface area contributed by atoms with Gasteiger partial charge in [0.15, 0.2) is 0 Å². The maximum atomic E-state index is 13.6. The van der Waals surface area contributed by atoms with Crippen LogP contribution in [-0.2, 0) is 13.6 Å². The molecule has 0 aliphatic rings. The zero-order valence-electron chi connectivity index (χ0n) is 9.37. The predicted molar refractivity (Wildman–Crippen MR) is 61.7 cm³/mol. The first-order chi connectivity index (χ1) is 7.68. The highest BCUT2D eigenvalue weighted by molar-refractivity contribution is 5.47. The van der Waals surface area contributed by atoms with Crippen molar-refractivity contribution in [2.45, 2.75) is 13.5 Å². The summed E-state index contributed by atoms with van der Waals surface area (Å²) in [5, 5.41) is 3.04. The number of hydrogen-bond donors (Lipinski definition) is 1. The highest BCUT2D eigenvalue weighted by Gasteiger charge is 2.05. The van der Waals surface area contributed by atoms with Crippen molar-refractivity contribution >= 4 is 5.69 Å². The molecule has 0 amide bonds. The monoisotopic (exact) mass is 219 g/mol. The first-order valence-corrected chi connectivity index (χ1v) is 5.13. The number of nitrogens with one attached hydrogen (secondary N) is 1. The van der Waals surface area contributed by atoms with Crippen molar-refractivity contribution in [1.29, 1.82) is 0 Å². The van der Waals surface area contributed by atoms with Crippen molar-refractivity contribution in [2.75, 3.05) is 5.32 Å². The molecule has 0 atom stereocenters. The van der Waals surface area contributed by atoms with E-state index in [9.17, 15) is 4.39 Å². The van der Waals surface area contributed by atoms with E-state index in [2.05, 4.69) is 10.3 Å². The van der Waals surface area contributed by atoms with Gasteiger partial charge in [0.2, 0.25) is 0 Å². The normalized spacial score (nSPS) is 10.4. The molecule has 0 fully saturated rings. The van der Waals surface area contributed by atoms with Gasteiger partial charge >= 0.3 is 0 Å². The smallest absolute Gasteiger partial charge is 0.149 e. The number of rotatable bonds is 3. The molecule has 0 spiro atoms. The fraction of sp³-hybridized carbons (Fsp3) is 0.250. The molecule has 2 rings (SSSR count). The minimum absolute atomic E-state index is 0.197. The quantitative estimate of drug-likeness (QED) is 0.859. The second-order valence-corrected chi connectivity index (χ2v) is 3.74. The fourth-order valence-corrected chi connectivity index (χ4v) is 1.53. The van der Waals surface area contributed by atoms with Gasteiger partial charge in [0.05, 0.1) is 12.2 Å². The molecule has 0 aliphatic heterocycles. The minimum atomic E-state index is -0.197. The number of aromatic nitrogens is 2. The van der Waals surface area contributed by atoms with Crippen LogP contribution in [0.25, 0.3) is 0 Å². The van der Waals surface area contributed by atoms with Crippen molar-refractivity contribution in [3.05, 3.63) is 47.8 Å². The van der Waals surface area contributed by atoms with E-state index in [0.29, 0.717) is 17.8 Å². The second kappa shape index (κ2) is 4.35. The highest BCUT2D eigenvalue weighted by Crippen LogP contribution is 2.17. The van der Waals surface area contributed by atoms with Crippen LogP contribution >= 0.6 is 0 Å². The van der Waals surface area contributed by atoms with Crippen molar-refractivity contribution in [2.24, 2.45) is 7.05 Å². The van der Waals surface area contributed by atoms with Gasteiger partial charge in [-0.15, -0.1) is 0 Å². The summed E-state index contributed by atoms with van der Waals surface area (Å²) in [6.45, 7) is 2.27. The Hall–Kier alpha value is -1.84. The molecule has 0 unspecified atom stereocenters. The summed E-state index contributed by atoms with van der Waals surface area (Å²) in [5.41, 5.74) is 1.16. The first-order valence-electron chi connectivity index (χ1n) is 5.13. The van der Waals surface area contributed by atoms with E-state index >= 15 is 0 Å². The SMILES string of the molecule is Cc1cccc(NCc2nccn2C)c1F. The van der Waals surface area contributed by atoms with E-state index in [0.717, 1.165) is 5.82 Å². The molecule has 0 radical (unpaired) electrons. The lowest BCUT2D eigenvalue weighted by molar-refractivity contribution is 0.620. The summed E-state index contributed by atoms with van der Waals surface area (Å²) in [4.78, 5) is 4.16. The number of halogens is 1. The van der Waals surface area contributed by atoms with Gasteiger partial charge in [-0.2, -0.15) is 0 Å². The van der Waals surface area contributed by atoms with E-state index in [4.69, 9.17) is 0 Å². The van der Waals surface area contributed by atoms with Crippen molar-refractivity contribution in [1.82, 2.24) is 9.55 Å². The van der Waals surface area contributed by atoms with E-state index < -0.39 is 0 Å². The Balaban J connectivity index is 2.11. The van der Waals surface area contributed by atoms with Gasteiger partial charge in [0, 0.05) is 19.4 Å². The van der Waals surface area contributed by atoms with Crippen LogP contribution in [-0.4, -0.2) is 9.55 Å². The van der Waals surface area contributed by atoms with Crippen molar-refractivity contribution in [3.8, 4) is 0 Å². The molecule has 1 N–H and O–H groups in total.